The van der Waals surface area contributed by atoms with Crippen molar-refractivity contribution >= 4 is 17.5 Å². The van der Waals surface area contributed by atoms with Crippen LogP contribution in [0.1, 0.15) is 25.7 Å². The van der Waals surface area contributed by atoms with Gasteiger partial charge in [-0.05, 0) is 25.0 Å². The van der Waals surface area contributed by atoms with Crippen LogP contribution >= 0.6 is 0 Å². The highest BCUT2D eigenvalue weighted by Gasteiger charge is 2.15. The molecular weight excluding hydrogens is 266 g/mol. The molecule has 0 atom stereocenters. The molecule has 2 aromatic rings. The summed E-state index contributed by atoms with van der Waals surface area (Å²) in [4.78, 5) is 4.45. The molecule has 1 aromatic heterocycles. The van der Waals surface area contributed by atoms with E-state index in [9.17, 15) is 0 Å². The number of ether oxygens (including phenoxy) is 1. The van der Waals surface area contributed by atoms with Crippen molar-refractivity contribution in [2.24, 2.45) is 0 Å². The fourth-order valence-corrected chi connectivity index (χ4v) is 2.54. The van der Waals surface area contributed by atoms with Gasteiger partial charge in [0.2, 0.25) is 5.95 Å². The first kappa shape index (κ1) is 13.6. The Morgan fingerprint density at radius 1 is 1.24 bits per heavy atom. The van der Waals surface area contributed by atoms with Crippen molar-refractivity contribution in [1.29, 1.82) is 0 Å². The van der Waals surface area contributed by atoms with Crippen LogP contribution < -0.4 is 15.4 Å². The molecule has 1 fully saturated rings. The van der Waals surface area contributed by atoms with Crippen LogP contribution in [0, 0.1) is 0 Å². The fourth-order valence-electron chi connectivity index (χ4n) is 2.54. The summed E-state index contributed by atoms with van der Waals surface area (Å²) in [5, 5.41) is 14.6. The highest BCUT2D eigenvalue weighted by molar-refractivity contribution is 5.56. The van der Waals surface area contributed by atoms with E-state index < -0.39 is 0 Å². The maximum absolute atomic E-state index is 5.20. The Labute approximate surface area is 124 Å². The van der Waals surface area contributed by atoms with Crippen LogP contribution in [-0.4, -0.2) is 28.3 Å². The second-order valence-electron chi connectivity index (χ2n) is 5.15. The summed E-state index contributed by atoms with van der Waals surface area (Å²) in [5.41, 5.74) is 0.870. The van der Waals surface area contributed by atoms with E-state index >= 15 is 0 Å². The first-order valence-electron chi connectivity index (χ1n) is 7.21. The lowest BCUT2D eigenvalue weighted by Gasteiger charge is -2.12. The minimum Gasteiger partial charge on any atom is -0.497 e. The van der Waals surface area contributed by atoms with Crippen LogP contribution in [0.25, 0.3) is 0 Å². The summed E-state index contributed by atoms with van der Waals surface area (Å²) in [6, 6.07) is 8.13. The monoisotopic (exact) mass is 285 g/mol. The van der Waals surface area contributed by atoms with Crippen molar-refractivity contribution in [1.82, 2.24) is 15.2 Å². The van der Waals surface area contributed by atoms with E-state index in [0.29, 0.717) is 12.0 Å². The van der Waals surface area contributed by atoms with Crippen LogP contribution in [0.15, 0.2) is 30.5 Å². The smallest absolute Gasteiger partial charge is 0.249 e. The van der Waals surface area contributed by atoms with Crippen molar-refractivity contribution in [3.63, 3.8) is 0 Å². The lowest BCUT2D eigenvalue weighted by molar-refractivity contribution is 0.415. The SMILES string of the molecule is COc1cccc(Nc2nncc(NC3CCCC3)n2)c1. The molecule has 1 saturated carbocycles. The first-order chi connectivity index (χ1) is 10.3. The van der Waals surface area contributed by atoms with Crippen molar-refractivity contribution in [2.45, 2.75) is 31.7 Å². The molecule has 21 heavy (non-hydrogen) atoms. The Balaban J connectivity index is 1.70. The number of rotatable bonds is 5. The maximum atomic E-state index is 5.20. The Morgan fingerprint density at radius 2 is 2.10 bits per heavy atom. The summed E-state index contributed by atoms with van der Waals surface area (Å²) < 4.78 is 5.20. The fraction of sp³-hybridized carbons (Fsp3) is 0.400. The van der Waals surface area contributed by atoms with E-state index in [1.54, 1.807) is 13.3 Å². The Bertz CT molecular complexity index is 598. The number of hydrogen-bond donors (Lipinski definition) is 2. The van der Waals surface area contributed by atoms with Gasteiger partial charge < -0.3 is 15.4 Å². The van der Waals surface area contributed by atoms with Gasteiger partial charge in [-0.1, -0.05) is 18.9 Å². The zero-order valence-electron chi connectivity index (χ0n) is 12.0. The van der Waals surface area contributed by atoms with Gasteiger partial charge in [-0.25, -0.2) is 0 Å². The van der Waals surface area contributed by atoms with E-state index in [1.807, 2.05) is 24.3 Å². The number of anilines is 3. The van der Waals surface area contributed by atoms with E-state index in [1.165, 1.54) is 25.7 Å². The maximum Gasteiger partial charge on any atom is 0.249 e. The van der Waals surface area contributed by atoms with E-state index in [2.05, 4.69) is 25.8 Å². The predicted molar refractivity (Wildman–Crippen MR) is 82.0 cm³/mol. The van der Waals surface area contributed by atoms with Gasteiger partial charge in [0, 0.05) is 17.8 Å². The Kier molecular flexibility index (Phi) is 4.14. The molecule has 1 aromatic carbocycles. The van der Waals surface area contributed by atoms with E-state index in [4.69, 9.17) is 4.74 Å². The molecule has 6 heteroatoms. The summed E-state index contributed by atoms with van der Waals surface area (Å²) in [6.45, 7) is 0. The van der Waals surface area contributed by atoms with Crippen molar-refractivity contribution in [2.75, 3.05) is 17.7 Å². The molecule has 0 spiro atoms. The van der Waals surface area contributed by atoms with Crippen molar-refractivity contribution in [3.05, 3.63) is 30.5 Å². The normalized spacial score (nSPS) is 14.9. The Morgan fingerprint density at radius 3 is 2.90 bits per heavy atom. The average Bonchev–Trinajstić information content (AvgIpc) is 3.01. The van der Waals surface area contributed by atoms with Gasteiger partial charge in [-0.15, -0.1) is 5.10 Å². The third-order valence-electron chi connectivity index (χ3n) is 3.59. The van der Waals surface area contributed by atoms with Gasteiger partial charge in [0.15, 0.2) is 5.82 Å². The van der Waals surface area contributed by atoms with Crippen LogP contribution in [-0.2, 0) is 0 Å². The summed E-state index contributed by atoms with van der Waals surface area (Å²) in [7, 11) is 1.64. The number of nitrogens with zero attached hydrogens (tertiary/aromatic N) is 3. The molecule has 3 rings (SSSR count). The van der Waals surface area contributed by atoms with Gasteiger partial charge in [-0.3, -0.25) is 0 Å². The van der Waals surface area contributed by atoms with Gasteiger partial charge in [0.1, 0.15) is 5.75 Å². The molecule has 0 saturated heterocycles. The lowest BCUT2D eigenvalue weighted by atomic mass is 10.2. The molecule has 0 bridgehead atoms. The van der Waals surface area contributed by atoms with Crippen LogP contribution in [0.3, 0.4) is 0 Å². The third kappa shape index (κ3) is 3.59. The molecule has 110 valence electrons. The second-order valence-corrected chi connectivity index (χ2v) is 5.15. The molecule has 0 unspecified atom stereocenters. The topological polar surface area (TPSA) is 72.0 Å². The highest BCUT2D eigenvalue weighted by atomic mass is 16.5. The van der Waals surface area contributed by atoms with Crippen molar-refractivity contribution < 1.29 is 4.74 Å². The van der Waals surface area contributed by atoms with Crippen molar-refractivity contribution in [3.8, 4) is 5.75 Å². The van der Waals surface area contributed by atoms with Crippen LogP contribution in [0.4, 0.5) is 17.5 Å². The molecular formula is C15H19N5O. The molecule has 1 aliphatic rings. The van der Waals surface area contributed by atoms with Gasteiger partial charge >= 0.3 is 0 Å². The molecule has 1 aliphatic carbocycles. The number of nitrogens with one attached hydrogen (secondary N) is 2. The van der Waals surface area contributed by atoms with Gasteiger partial charge in [0.25, 0.3) is 0 Å². The minimum atomic E-state index is 0.478. The van der Waals surface area contributed by atoms with E-state index in [0.717, 1.165) is 17.3 Å². The molecule has 0 aliphatic heterocycles. The Hall–Kier alpha value is -2.37. The number of hydrogen-bond acceptors (Lipinski definition) is 6. The van der Waals surface area contributed by atoms with Crippen LogP contribution in [0.2, 0.25) is 0 Å². The number of aromatic nitrogens is 3. The predicted octanol–water partition coefficient (Wildman–Crippen LogP) is 2.98. The quantitative estimate of drug-likeness (QED) is 0.880. The van der Waals surface area contributed by atoms with E-state index in [-0.39, 0.29) is 0 Å². The van der Waals surface area contributed by atoms with Gasteiger partial charge in [0.05, 0.1) is 13.3 Å². The first-order valence-corrected chi connectivity index (χ1v) is 7.21. The molecule has 2 N–H and O–H groups in total. The number of methoxy groups -OCH3 is 1. The molecule has 0 radical (unpaired) electrons. The zero-order valence-corrected chi connectivity index (χ0v) is 12.0. The average molecular weight is 285 g/mol. The standard InChI is InChI=1S/C15H19N5O/c1-21-13-8-4-7-12(9-13)18-15-19-14(10-16-20-15)17-11-5-2-3-6-11/h4,7-11H,2-3,5-6H2,1H3,(H2,17,18,19,20). The second kappa shape index (κ2) is 6.39. The molecule has 6 nitrogen and oxygen atoms in total. The van der Waals surface area contributed by atoms with Gasteiger partial charge in [-0.2, -0.15) is 10.1 Å². The summed E-state index contributed by atoms with van der Waals surface area (Å²) >= 11 is 0. The minimum absolute atomic E-state index is 0.478. The zero-order chi connectivity index (χ0) is 14.5. The largest absolute Gasteiger partial charge is 0.497 e. The number of benzene rings is 1. The lowest BCUT2D eigenvalue weighted by Crippen LogP contribution is -2.16. The van der Waals surface area contributed by atoms with Crippen LogP contribution in [0.5, 0.6) is 5.75 Å². The molecule has 0 amide bonds. The summed E-state index contributed by atoms with van der Waals surface area (Å²) in [5.74, 6) is 2.03. The highest BCUT2D eigenvalue weighted by Crippen LogP contribution is 2.22. The third-order valence-corrected chi connectivity index (χ3v) is 3.59. The summed E-state index contributed by atoms with van der Waals surface area (Å²) in [6.07, 6.45) is 6.62. The molecule has 1 heterocycles.